The molecule has 0 saturated heterocycles. The van der Waals surface area contributed by atoms with Crippen molar-refractivity contribution in [3.05, 3.63) is 76.5 Å². The molecule has 0 spiro atoms. The Morgan fingerprint density at radius 3 is 2.58 bits per heavy atom. The number of benzene rings is 2. The van der Waals surface area contributed by atoms with Gasteiger partial charge in [0.2, 0.25) is 0 Å². The molecule has 1 aromatic heterocycles. The van der Waals surface area contributed by atoms with Crippen LogP contribution < -0.4 is 11.0 Å². The average molecular weight is 323 g/mol. The van der Waals surface area contributed by atoms with Crippen LogP contribution in [-0.2, 0) is 0 Å². The zero-order valence-electron chi connectivity index (χ0n) is 13.7. The van der Waals surface area contributed by atoms with E-state index in [1.165, 1.54) is 11.1 Å². The average Bonchev–Trinajstić information content (AvgIpc) is 2.99. The zero-order chi connectivity index (χ0) is 17.1. The van der Waals surface area contributed by atoms with Crippen molar-refractivity contribution in [2.45, 2.75) is 26.0 Å². The van der Waals surface area contributed by atoms with Gasteiger partial charge in [0.25, 0.3) is 0 Å². The second-order valence-corrected chi connectivity index (χ2v) is 5.96. The van der Waals surface area contributed by atoms with Gasteiger partial charge in [-0.25, -0.2) is 4.79 Å². The summed E-state index contributed by atoms with van der Waals surface area (Å²) in [5.74, 6) is 0. The topological polar surface area (TPSA) is 80.9 Å². The highest BCUT2D eigenvalue weighted by molar-refractivity contribution is 5.71. The number of aromatic nitrogens is 2. The van der Waals surface area contributed by atoms with Crippen molar-refractivity contribution in [2.75, 3.05) is 5.32 Å². The number of hydrogen-bond acceptors (Lipinski definition) is 3. The highest BCUT2D eigenvalue weighted by atomic mass is 16.3. The molecular weight excluding hydrogens is 302 g/mol. The van der Waals surface area contributed by atoms with Gasteiger partial charge in [0.05, 0.1) is 17.8 Å². The molecule has 1 heterocycles. The van der Waals surface area contributed by atoms with Crippen LogP contribution >= 0.6 is 0 Å². The van der Waals surface area contributed by atoms with Crippen molar-refractivity contribution in [3.8, 4) is 11.1 Å². The van der Waals surface area contributed by atoms with E-state index in [0.717, 1.165) is 11.3 Å². The lowest BCUT2D eigenvalue weighted by Gasteiger charge is -2.21. The van der Waals surface area contributed by atoms with Gasteiger partial charge >= 0.3 is 5.69 Å². The third kappa shape index (κ3) is 3.41. The van der Waals surface area contributed by atoms with Gasteiger partial charge in [-0.1, -0.05) is 36.4 Å². The van der Waals surface area contributed by atoms with Crippen molar-refractivity contribution in [1.29, 1.82) is 0 Å². The number of H-pyrrole nitrogens is 2. The van der Waals surface area contributed by atoms with Crippen LogP contribution in [0.1, 0.15) is 24.2 Å². The quantitative estimate of drug-likeness (QED) is 0.582. The molecule has 4 N–H and O–H groups in total. The summed E-state index contributed by atoms with van der Waals surface area (Å²) in [6, 6.07) is 15.8. The maximum absolute atomic E-state index is 11.3. The highest BCUT2D eigenvalue weighted by Gasteiger charge is 2.19. The molecular formula is C19H21N3O2. The molecule has 0 aliphatic heterocycles. The number of aliphatic hydroxyl groups is 1. The maximum atomic E-state index is 11.3. The Labute approximate surface area is 140 Å². The molecule has 0 radical (unpaired) electrons. The minimum atomic E-state index is -0.668. The lowest BCUT2D eigenvalue weighted by molar-refractivity contribution is 0.170. The monoisotopic (exact) mass is 323 g/mol. The lowest BCUT2D eigenvalue weighted by Crippen LogP contribution is -2.23. The predicted octanol–water partition coefficient (Wildman–Crippen LogP) is 3.21. The summed E-state index contributed by atoms with van der Waals surface area (Å²) in [7, 11) is 0. The van der Waals surface area contributed by atoms with E-state index in [0.29, 0.717) is 5.69 Å². The molecule has 2 aromatic carbocycles. The van der Waals surface area contributed by atoms with E-state index in [2.05, 4.69) is 40.4 Å². The number of anilines is 1. The molecule has 0 fully saturated rings. The van der Waals surface area contributed by atoms with E-state index in [1.54, 1.807) is 13.1 Å². The molecule has 0 aliphatic carbocycles. The van der Waals surface area contributed by atoms with Crippen LogP contribution in [-0.4, -0.2) is 21.2 Å². The molecule has 5 heteroatoms. The molecule has 3 rings (SSSR count). The molecule has 5 nitrogen and oxygen atoms in total. The smallest absolute Gasteiger partial charge is 0.323 e. The largest absolute Gasteiger partial charge is 0.391 e. The number of hydrogen-bond donors (Lipinski definition) is 4. The van der Waals surface area contributed by atoms with Crippen molar-refractivity contribution in [1.82, 2.24) is 9.97 Å². The van der Waals surface area contributed by atoms with Crippen molar-refractivity contribution < 1.29 is 5.11 Å². The molecule has 0 bridgehead atoms. The SMILES string of the molecule is Cc1ccccc1-c1cccc(NC(c2c[nH]c(=O)[nH]2)C(C)O)c1. The summed E-state index contributed by atoms with van der Waals surface area (Å²) >= 11 is 0. The summed E-state index contributed by atoms with van der Waals surface area (Å²) in [5, 5.41) is 13.4. The summed E-state index contributed by atoms with van der Waals surface area (Å²) in [6.07, 6.45) is 0.913. The van der Waals surface area contributed by atoms with E-state index in [9.17, 15) is 9.90 Å². The second-order valence-electron chi connectivity index (χ2n) is 5.96. The van der Waals surface area contributed by atoms with Crippen LogP contribution in [0.5, 0.6) is 0 Å². The second kappa shape index (κ2) is 6.76. The van der Waals surface area contributed by atoms with Crippen LogP contribution in [0.15, 0.2) is 59.5 Å². The van der Waals surface area contributed by atoms with Gasteiger partial charge in [0.1, 0.15) is 0 Å². The Hall–Kier alpha value is -2.79. The molecule has 0 aliphatic rings. The van der Waals surface area contributed by atoms with Crippen LogP contribution in [0, 0.1) is 6.92 Å². The molecule has 0 amide bonds. The van der Waals surface area contributed by atoms with Gasteiger partial charge < -0.3 is 20.4 Å². The first-order valence-corrected chi connectivity index (χ1v) is 7.93. The number of aliphatic hydroxyl groups excluding tert-OH is 1. The third-order valence-electron chi connectivity index (χ3n) is 4.07. The highest BCUT2D eigenvalue weighted by Crippen LogP contribution is 2.28. The fraction of sp³-hybridized carbons (Fsp3) is 0.211. The van der Waals surface area contributed by atoms with E-state index < -0.39 is 12.1 Å². The number of imidazole rings is 1. The van der Waals surface area contributed by atoms with E-state index >= 15 is 0 Å². The van der Waals surface area contributed by atoms with Crippen LogP contribution in [0.25, 0.3) is 11.1 Å². The third-order valence-corrected chi connectivity index (χ3v) is 4.07. The molecule has 24 heavy (non-hydrogen) atoms. The molecule has 2 atom stereocenters. The van der Waals surface area contributed by atoms with E-state index in [-0.39, 0.29) is 5.69 Å². The number of rotatable bonds is 5. The zero-order valence-corrected chi connectivity index (χ0v) is 13.7. The molecule has 3 aromatic rings. The molecule has 2 unspecified atom stereocenters. The maximum Gasteiger partial charge on any atom is 0.323 e. The van der Waals surface area contributed by atoms with Crippen LogP contribution in [0.3, 0.4) is 0 Å². The van der Waals surface area contributed by atoms with Gasteiger partial charge in [-0.3, -0.25) is 0 Å². The van der Waals surface area contributed by atoms with Gasteiger partial charge in [-0.05, 0) is 42.7 Å². The Kier molecular flexibility index (Phi) is 4.53. The normalized spacial score (nSPS) is 13.5. The first-order valence-electron chi connectivity index (χ1n) is 7.93. The van der Waals surface area contributed by atoms with Crippen molar-refractivity contribution >= 4 is 5.69 Å². The van der Waals surface area contributed by atoms with Gasteiger partial charge in [-0.2, -0.15) is 0 Å². The number of aryl methyl sites for hydroxylation is 1. The van der Waals surface area contributed by atoms with Crippen LogP contribution in [0.2, 0.25) is 0 Å². The lowest BCUT2D eigenvalue weighted by atomic mass is 10.00. The standard InChI is InChI=1S/C19H21N3O2/c1-12-6-3-4-9-16(12)14-7-5-8-15(10-14)21-18(13(2)23)17-11-20-19(24)22-17/h3-11,13,18,21,23H,1-2H3,(H2,20,22,24). The number of aromatic amines is 2. The Bertz CT molecular complexity index is 880. The fourth-order valence-electron chi connectivity index (χ4n) is 2.83. The Morgan fingerprint density at radius 1 is 1.12 bits per heavy atom. The summed E-state index contributed by atoms with van der Waals surface area (Å²) < 4.78 is 0. The molecule has 0 saturated carbocycles. The summed E-state index contributed by atoms with van der Waals surface area (Å²) in [5.41, 5.74) is 4.69. The van der Waals surface area contributed by atoms with E-state index in [1.807, 2.05) is 30.3 Å². The first kappa shape index (κ1) is 16.1. The predicted molar refractivity (Wildman–Crippen MR) is 96.1 cm³/mol. The molecule has 124 valence electrons. The van der Waals surface area contributed by atoms with E-state index in [4.69, 9.17) is 0 Å². The Morgan fingerprint density at radius 2 is 1.92 bits per heavy atom. The first-order chi connectivity index (χ1) is 11.5. The van der Waals surface area contributed by atoms with Gasteiger partial charge in [-0.15, -0.1) is 0 Å². The summed E-state index contributed by atoms with van der Waals surface area (Å²) in [4.78, 5) is 16.6. The van der Waals surface area contributed by atoms with Crippen molar-refractivity contribution in [3.63, 3.8) is 0 Å². The summed E-state index contributed by atoms with van der Waals surface area (Å²) in [6.45, 7) is 3.77. The van der Waals surface area contributed by atoms with Gasteiger partial charge in [0, 0.05) is 11.9 Å². The van der Waals surface area contributed by atoms with Gasteiger partial charge in [0.15, 0.2) is 0 Å². The Balaban J connectivity index is 1.91. The number of nitrogens with one attached hydrogen (secondary N) is 3. The fourth-order valence-corrected chi connectivity index (χ4v) is 2.83. The van der Waals surface area contributed by atoms with Crippen LogP contribution in [0.4, 0.5) is 5.69 Å². The minimum absolute atomic E-state index is 0.286. The van der Waals surface area contributed by atoms with Crippen molar-refractivity contribution in [2.24, 2.45) is 0 Å². The minimum Gasteiger partial charge on any atom is -0.391 e.